The molecule has 3 N–H and O–H groups in total. The van der Waals surface area contributed by atoms with Crippen LogP contribution in [-0.4, -0.2) is 9.97 Å². The SMILES string of the molecule is Cc1ccsc1C(NN)c1ccc2nccnc2c1. The molecule has 5 heteroatoms. The normalized spacial score (nSPS) is 12.7. The summed E-state index contributed by atoms with van der Waals surface area (Å²) in [5.41, 5.74) is 7.01. The standard InChI is InChI=1S/C14H14N4S/c1-9-4-7-19-14(9)13(18-15)10-2-3-11-12(8-10)17-6-5-16-11/h2-8,13,18H,15H2,1H3. The van der Waals surface area contributed by atoms with Gasteiger partial charge in [-0.1, -0.05) is 6.07 Å². The summed E-state index contributed by atoms with van der Waals surface area (Å²) in [6.45, 7) is 2.09. The molecule has 0 amide bonds. The Morgan fingerprint density at radius 2 is 1.95 bits per heavy atom. The molecule has 0 saturated carbocycles. The number of thiophene rings is 1. The lowest BCUT2D eigenvalue weighted by Crippen LogP contribution is -2.28. The summed E-state index contributed by atoms with van der Waals surface area (Å²) >= 11 is 1.70. The van der Waals surface area contributed by atoms with Crippen LogP contribution in [0.3, 0.4) is 0 Å². The summed E-state index contributed by atoms with van der Waals surface area (Å²) in [7, 11) is 0. The van der Waals surface area contributed by atoms with Crippen molar-refractivity contribution in [3.63, 3.8) is 0 Å². The molecule has 0 spiro atoms. The van der Waals surface area contributed by atoms with Crippen molar-refractivity contribution in [1.29, 1.82) is 0 Å². The van der Waals surface area contributed by atoms with E-state index in [9.17, 15) is 0 Å². The van der Waals surface area contributed by atoms with Crippen molar-refractivity contribution in [2.45, 2.75) is 13.0 Å². The van der Waals surface area contributed by atoms with Gasteiger partial charge in [0.2, 0.25) is 0 Å². The summed E-state index contributed by atoms with van der Waals surface area (Å²) in [6.07, 6.45) is 3.40. The number of hydrazine groups is 1. The zero-order valence-electron chi connectivity index (χ0n) is 10.5. The van der Waals surface area contributed by atoms with E-state index in [4.69, 9.17) is 5.84 Å². The Bertz CT molecular complexity index is 707. The van der Waals surface area contributed by atoms with Gasteiger partial charge in [0.15, 0.2) is 0 Å². The molecule has 2 heterocycles. The van der Waals surface area contributed by atoms with E-state index in [0.29, 0.717) is 0 Å². The maximum Gasteiger partial charge on any atom is 0.0890 e. The van der Waals surface area contributed by atoms with Gasteiger partial charge in [-0.05, 0) is 41.6 Å². The molecule has 0 bridgehead atoms. The molecule has 0 aliphatic heterocycles. The second-order valence-corrected chi connectivity index (χ2v) is 5.32. The Morgan fingerprint density at radius 1 is 1.16 bits per heavy atom. The Balaban J connectivity index is 2.09. The minimum Gasteiger partial charge on any atom is -0.271 e. The molecule has 0 fully saturated rings. The molecule has 4 nitrogen and oxygen atoms in total. The van der Waals surface area contributed by atoms with Gasteiger partial charge in [0.05, 0.1) is 17.1 Å². The number of aryl methyl sites for hydroxylation is 1. The van der Waals surface area contributed by atoms with Crippen LogP contribution in [-0.2, 0) is 0 Å². The molecule has 96 valence electrons. The first kappa shape index (κ1) is 12.2. The van der Waals surface area contributed by atoms with Gasteiger partial charge in [-0.25, -0.2) is 5.43 Å². The van der Waals surface area contributed by atoms with E-state index < -0.39 is 0 Å². The van der Waals surface area contributed by atoms with Crippen LogP contribution in [0.15, 0.2) is 42.0 Å². The highest BCUT2D eigenvalue weighted by Gasteiger charge is 2.16. The van der Waals surface area contributed by atoms with Crippen LogP contribution < -0.4 is 11.3 Å². The second-order valence-electron chi connectivity index (χ2n) is 4.37. The maximum absolute atomic E-state index is 5.73. The Labute approximate surface area is 115 Å². The summed E-state index contributed by atoms with van der Waals surface area (Å²) in [4.78, 5) is 9.84. The van der Waals surface area contributed by atoms with E-state index in [1.807, 2.05) is 18.2 Å². The fourth-order valence-electron chi connectivity index (χ4n) is 2.16. The number of fused-ring (bicyclic) bond motifs is 1. The van der Waals surface area contributed by atoms with Gasteiger partial charge in [-0.15, -0.1) is 11.3 Å². The molecule has 1 unspecified atom stereocenters. The molecule has 3 rings (SSSR count). The third-order valence-corrected chi connectivity index (χ3v) is 4.24. The van der Waals surface area contributed by atoms with Crippen LogP contribution in [0.1, 0.15) is 22.0 Å². The molecule has 0 saturated heterocycles. The predicted molar refractivity (Wildman–Crippen MR) is 77.8 cm³/mol. The smallest absolute Gasteiger partial charge is 0.0890 e. The number of nitrogens with one attached hydrogen (secondary N) is 1. The third-order valence-electron chi connectivity index (χ3n) is 3.16. The van der Waals surface area contributed by atoms with Gasteiger partial charge in [0.1, 0.15) is 0 Å². The van der Waals surface area contributed by atoms with Crippen molar-refractivity contribution in [2.75, 3.05) is 0 Å². The number of hydrogen-bond donors (Lipinski definition) is 2. The van der Waals surface area contributed by atoms with Crippen molar-refractivity contribution < 1.29 is 0 Å². The zero-order valence-corrected chi connectivity index (χ0v) is 11.3. The first-order valence-corrected chi connectivity index (χ1v) is 6.88. The number of rotatable bonds is 3. The van der Waals surface area contributed by atoms with Crippen LogP contribution >= 0.6 is 11.3 Å². The van der Waals surface area contributed by atoms with E-state index in [2.05, 4.69) is 33.8 Å². The van der Waals surface area contributed by atoms with E-state index in [1.165, 1.54) is 10.4 Å². The Kier molecular flexibility index (Phi) is 3.25. The molecule has 3 aromatic rings. The Morgan fingerprint density at radius 3 is 2.63 bits per heavy atom. The minimum atomic E-state index is -0.00796. The minimum absolute atomic E-state index is 0.00796. The molecule has 0 aliphatic carbocycles. The lowest BCUT2D eigenvalue weighted by molar-refractivity contribution is 0.644. The van der Waals surface area contributed by atoms with E-state index in [0.717, 1.165) is 16.6 Å². The lowest BCUT2D eigenvalue weighted by Gasteiger charge is -2.16. The molecule has 1 aromatic carbocycles. The molecule has 19 heavy (non-hydrogen) atoms. The Hall–Kier alpha value is -1.82. The van der Waals surface area contributed by atoms with E-state index >= 15 is 0 Å². The molecule has 2 aromatic heterocycles. The predicted octanol–water partition coefficient (Wildman–Crippen LogP) is 2.55. The van der Waals surface area contributed by atoms with Crippen molar-refractivity contribution >= 4 is 22.4 Å². The topological polar surface area (TPSA) is 63.8 Å². The molecule has 0 radical (unpaired) electrons. The highest BCUT2D eigenvalue weighted by Crippen LogP contribution is 2.29. The fourth-order valence-corrected chi connectivity index (χ4v) is 3.18. The highest BCUT2D eigenvalue weighted by molar-refractivity contribution is 7.10. The quantitative estimate of drug-likeness (QED) is 0.567. The average Bonchev–Trinajstić information content (AvgIpc) is 2.86. The largest absolute Gasteiger partial charge is 0.271 e. The van der Waals surface area contributed by atoms with Crippen LogP contribution in [0, 0.1) is 6.92 Å². The third kappa shape index (κ3) is 2.23. The van der Waals surface area contributed by atoms with Crippen molar-refractivity contribution in [1.82, 2.24) is 15.4 Å². The average molecular weight is 270 g/mol. The molecule has 0 aliphatic rings. The van der Waals surface area contributed by atoms with Crippen LogP contribution in [0.2, 0.25) is 0 Å². The van der Waals surface area contributed by atoms with Crippen molar-refractivity contribution in [2.24, 2.45) is 5.84 Å². The van der Waals surface area contributed by atoms with Gasteiger partial charge < -0.3 is 0 Å². The first-order valence-electron chi connectivity index (χ1n) is 6.00. The summed E-state index contributed by atoms with van der Waals surface area (Å²) in [5, 5.41) is 2.08. The number of hydrogen-bond acceptors (Lipinski definition) is 5. The zero-order chi connectivity index (χ0) is 13.2. The maximum atomic E-state index is 5.73. The van der Waals surface area contributed by atoms with Crippen LogP contribution in [0.5, 0.6) is 0 Å². The number of nitrogens with two attached hydrogens (primary N) is 1. The van der Waals surface area contributed by atoms with Crippen molar-refractivity contribution in [3.8, 4) is 0 Å². The number of aromatic nitrogens is 2. The second kappa shape index (κ2) is 5.05. The van der Waals surface area contributed by atoms with E-state index in [-0.39, 0.29) is 6.04 Å². The van der Waals surface area contributed by atoms with Gasteiger partial charge in [-0.2, -0.15) is 0 Å². The molecular formula is C14H14N4S. The first-order chi connectivity index (χ1) is 9.29. The van der Waals surface area contributed by atoms with E-state index in [1.54, 1.807) is 23.7 Å². The summed E-state index contributed by atoms with van der Waals surface area (Å²) in [5.74, 6) is 5.73. The lowest BCUT2D eigenvalue weighted by atomic mass is 10.0. The van der Waals surface area contributed by atoms with Gasteiger partial charge in [-0.3, -0.25) is 15.8 Å². The van der Waals surface area contributed by atoms with Gasteiger partial charge >= 0.3 is 0 Å². The summed E-state index contributed by atoms with van der Waals surface area (Å²) < 4.78 is 0. The van der Waals surface area contributed by atoms with Gasteiger partial charge in [0, 0.05) is 17.3 Å². The van der Waals surface area contributed by atoms with Gasteiger partial charge in [0.25, 0.3) is 0 Å². The highest BCUT2D eigenvalue weighted by atomic mass is 32.1. The number of benzene rings is 1. The monoisotopic (exact) mass is 270 g/mol. The number of nitrogens with zero attached hydrogens (tertiary/aromatic N) is 2. The molecular weight excluding hydrogens is 256 g/mol. The summed E-state index contributed by atoms with van der Waals surface area (Å²) in [6, 6.07) is 8.15. The fraction of sp³-hybridized carbons (Fsp3) is 0.143. The van der Waals surface area contributed by atoms with Crippen LogP contribution in [0.4, 0.5) is 0 Å². The van der Waals surface area contributed by atoms with Crippen LogP contribution in [0.25, 0.3) is 11.0 Å². The molecule has 1 atom stereocenters. The van der Waals surface area contributed by atoms with Crippen molar-refractivity contribution in [3.05, 3.63) is 58.0 Å².